The highest BCUT2D eigenvalue weighted by atomic mass is 16.6. The van der Waals surface area contributed by atoms with Crippen LogP contribution in [0.3, 0.4) is 0 Å². The zero-order valence-corrected chi connectivity index (χ0v) is 14.2. The van der Waals surface area contributed by atoms with Gasteiger partial charge in [0.25, 0.3) is 0 Å². The fraction of sp³-hybridized carbons (Fsp3) is 0.556. The Morgan fingerprint density at radius 1 is 1.13 bits per heavy atom. The molecule has 0 aromatic heterocycles. The Balaban J connectivity index is 1.91. The molecule has 1 aliphatic carbocycles. The maximum atomic E-state index is 11.9. The van der Waals surface area contributed by atoms with Crippen LogP contribution in [0, 0.1) is 5.92 Å². The molecule has 5 nitrogen and oxygen atoms in total. The normalized spacial score (nSPS) is 16.6. The van der Waals surface area contributed by atoms with Crippen LogP contribution in [0.15, 0.2) is 18.2 Å². The van der Waals surface area contributed by atoms with Gasteiger partial charge in [0, 0.05) is 6.42 Å². The number of methoxy groups -OCH3 is 1. The highest BCUT2D eigenvalue weighted by Crippen LogP contribution is 2.32. The molecule has 0 N–H and O–H groups in total. The number of carbonyl (C=O) groups excluding carboxylic acids is 2. The quantitative estimate of drug-likeness (QED) is 0.781. The molecule has 0 heterocycles. The van der Waals surface area contributed by atoms with E-state index in [4.69, 9.17) is 9.47 Å². The zero-order valence-electron chi connectivity index (χ0n) is 14.2. The Labute approximate surface area is 136 Å². The molecule has 5 heteroatoms. The highest BCUT2D eigenvalue weighted by Gasteiger charge is 2.26. The second-order valence-corrected chi connectivity index (χ2v) is 6.86. The largest absolute Gasteiger partial charge is 0.482 e. The van der Waals surface area contributed by atoms with Gasteiger partial charge in [-0.3, -0.25) is 4.79 Å². The van der Waals surface area contributed by atoms with E-state index in [1.807, 2.05) is 39.0 Å². The molecule has 0 fully saturated rings. The molecule has 23 heavy (non-hydrogen) atoms. The number of esters is 2. The predicted molar refractivity (Wildman–Crippen MR) is 85.3 cm³/mol. The first-order valence-corrected chi connectivity index (χ1v) is 7.80. The van der Waals surface area contributed by atoms with Gasteiger partial charge in [0.05, 0.1) is 7.11 Å². The average molecular weight is 320 g/mol. The summed E-state index contributed by atoms with van der Waals surface area (Å²) in [7, 11) is 1.33. The van der Waals surface area contributed by atoms with Crippen molar-refractivity contribution in [1.29, 1.82) is 0 Å². The molecule has 0 saturated heterocycles. The number of benzene rings is 1. The van der Waals surface area contributed by atoms with Crippen LogP contribution in [0.4, 0.5) is 0 Å². The molecule has 1 aliphatic rings. The van der Waals surface area contributed by atoms with E-state index in [1.54, 1.807) is 0 Å². The van der Waals surface area contributed by atoms with Crippen LogP contribution in [0.5, 0.6) is 5.75 Å². The Morgan fingerprint density at radius 2 is 1.83 bits per heavy atom. The summed E-state index contributed by atoms with van der Waals surface area (Å²) in [5.41, 5.74) is 1.95. The average Bonchev–Trinajstić information content (AvgIpc) is 2.83. The highest BCUT2D eigenvalue weighted by molar-refractivity contribution is 5.71. The summed E-state index contributed by atoms with van der Waals surface area (Å²) in [6.45, 7) is 5.52. The minimum Gasteiger partial charge on any atom is -0.482 e. The summed E-state index contributed by atoms with van der Waals surface area (Å²) in [6.07, 6.45) is 2.11. The van der Waals surface area contributed by atoms with Gasteiger partial charge in [-0.25, -0.2) is 4.79 Å². The van der Waals surface area contributed by atoms with Gasteiger partial charge in [-0.15, -0.1) is 0 Å². The SMILES string of the molecule is COC(=O)COc1ccc2c(c1)CC(CC(=O)OC(C)(C)C)C2. The molecule has 1 atom stereocenters. The maximum absolute atomic E-state index is 11.9. The first-order chi connectivity index (χ1) is 10.8. The van der Waals surface area contributed by atoms with Crippen molar-refractivity contribution in [1.82, 2.24) is 0 Å². The monoisotopic (exact) mass is 320 g/mol. The second kappa shape index (κ2) is 7.02. The van der Waals surface area contributed by atoms with Crippen LogP contribution in [0.1, 0.15) is 38.3 Å². The lowest BCUT2D eigenvalue weighted by molar-refractivity contribution is -0.155. The van der Waals surface area contributed by atoms with Gasteiger partial charge in [0.2, 0.25) is 0 Å². The van der Waals surface area contributed by atoms with Gasteiger partial charge in [-0.05, 0) is 62.8 Å². The van der Waals surface area contributed by atoms with Gasteiger partial charge in [-0.2, -0.15) is 0 Å². The molecule has 2 rings (SSSR count). The third-order valence-corrected chi connectivity index (χ3v) is 3.65. The van der Waals surface area contributed by atoms with Crippen LogP contribution in [-0.4, -0.2) is 31.3 Å². The molecular formula is C18H24O5. The molecule has 1 unspecified atom stereocenters. The predicted octanol–water partition coefficient (Wildman–Crippen LogP) is 2.69. The summed E-state index contributed by atoms with van der Waals surface area (Å²) in [5, 5.41) is 0. The third-order valence-electron chi connectivity index (χ3n) is 3.65. The van der Waals surface area contributed by atoms with Crippen molar-refractivity contribution in [2.45, 2.75) is 45.6 Å². The molecule has 0 amide bonds. The second-order valence-electron chi connectivity index (χ2n) is 6.86. The van der Waals surface area contributed by atoms with E-state index in [-0.39, 0.29) is 18.5 Å². The van der Waals surface area contributed by atoms with Gasteiger partial charge < -0.3 is 14.2 Å². The van der Waals surface area contributed by atoms with Gasteiger partial charge >= 0.3 is 11.9 Å². The lowest BCUT2D eigenvalue weighted by Crippen LogP contribution is -2.25. The number of hydrogen-bond acceptors (Lipinski definition) is 5. The Kier molecular flexibility index (Phi) is 5.29. The van der Waals surface area contributed by atoms with E-state index in [0.717, 1.165) is 12.8 Å². The van der Waals surface area contributed by atoms with Crippen molar-refractivity contribution < 1.29 is 23.8 Å². The summed E-state index contributed by atoms with van der Waals surface area (Å²) in [6, 6.07) is 5.78. The molecule has 0 spiro atoms. The van der Waals surface area contributed by atoms with Crippen LogP contribution in [0.2, 0.25) is 0 Å². The smallest absolute Gasteiger partial charge is 0.343 e. The first-order valence-electron chi connectivity index (χ1n) is 7.80. The van der Waals surface area contributed by atoms with Crippen LogP contribution < -0.4 is 4.74 Å². The summed E-state index contributed by atoms with van der Waals surface area (Å²) in [5.74, 6) is 0.341. The van der Waals surface area contributed by atoms with Crippen LogP contribution >= 0.6 is 0 Å². The number of ether oxygens (including phenoxy) is 3. The molecule has 0 aliphatic heterocycles. The number of hydrogen-bond donors (Lipinski definition) is 0. The van der Waals surface area contributed by atoms with Gasteiger partial charge in [0.1, 0.15) is 11.4 Å². The topological polar surface area (TPSA) is 61.8 Å². The number of rotatable bonds is 5. The fourth-order valence-electron chi connectivity index (χ4n) is 2.74. The number of fused-ring (bicyclic) bond motifs is 1. The summed E-state index contributed by atoms with van der Waals surface area (Å²) in [4.78, 5) is 23.1. The lowest BCUT2D eigenvalue weighted by Gasteiger charge is -2.20. The van der Waals surface area contributed by atoms with Crippen LogP contribution in [-0.2, 0) is 31.9 Å². The van der Waals surface area contributed by atoms with E-state index >= 15 is 0 Å². The van der Waals surface area contributed by atoms with Gasteiger partial charge in [0.15, 0.2) is 6.61 Å². The van der Waals surface area contributed by atoms with E-state index in [1.165, 1.54) is 18.2 Å². The van der Waals surface area contributed by atoms with E-state index in [0.29, 0.717) is 12.2 Å². The van der Waals surface area contributed by atoms with Crippen LogP contribution in [0.25, 0.3) is 0 Å². The Bertz CT molecular complexity index is 586. The van der Waals surface area contributed by atoms with E-state index in [2.05, 4.69) is 4.74 Å². The Morgan fingerprint density at radius 3 is 2.48 bits per heavy atom. The standard InChI is InChI=1S/C18H24O5/c1-18(2,3)23-16(19)9-12-7-13-5-6-15(10-14(13)8-12)22-11-17(20)21-4/h5-6,10,12H,7-9,11H2,1-4H3. The van der Waals surface area contributed by atoms with Crippen molar-refractivity contribution in [2.24, 2.45) is 5.92 Å². The molecule has 1 aromatic carbocycles. The molecule has 126 valence electrons. The van der Waals surface area contributed by atoms with Crippen molar-refractivity contribution in [3.63, 3.8) is 0 Å². The van der Waals surface area contributed by atoms with E-state index < -0.39 is 11.6 Å². The summed E-state index contributed by atoms with van der Waals surface area (Å²) < 4.78 is 15.3. The Hall–Kier alpha value is -2.04. The summed E-state index contributed by atoms with van der Waals surface area (Å²) >= 11 is 0. The molecule has 1 aromatic rings. The molecular weight excluding hydrogens is 296 g/mol. The lowest BCUT2D eigenvalue weighted by atomic mass is 10.0. The molecule has 0 saturated carbocycles. The number of carbonyl (C=O) groups is 2. The van der Waals surface area contributed by atoms with Crippen molar-refractivity contribution in [3.8, 4) is 5.75 Å². The van der Waals surface area contributed by atoms with Crippen molar-refractivity contribution >= 4 is 11.9 Å². The fourth-order valence-corrected chi connectivity index (χ4v) is 2.74. The van der Waals surface area contributed by atoms with E-state index in [9.17, 15) is 9.59 Å². The minimum absolute atomic E-state index is 0.101. The molecule has 0 radical (unpaired) electrons. The zero-order chi connectivity index (χ0) is 17.0. The third kappa shape index (κ3) is 5.27. The first kappa shape index (κ1) is 17.3. The van der Waals surface area contributed by atoms with Crippen molar-refractivity contribution in [2.75, 3.05) is 13.7 Å². The molecule has 0 bridgehead atoms. The maximum Gasteiger partial charge on any atom is 0.343 e. The van der Waals surface area contributed by atoms with Gasteiger partial charge in [-0.1, -0.05) is 6.07 Å². The van der Waals surface area contributed by atoms with Crippen molar-refractivity contribution in [3.05, 3.63) is 29.3 Å². The minimum atomic E-state index is -0.447.